The third kappa shape index (κ3) is 3.11. The molecule has 0 N–H and O–H groups in total. The number of nitrogens with zero attached hydrogens (tertiary/aromatic N) is 1. The van der Waals surface area contributed by atoms with E-state index in [9.17, 15) is 13.2 Å². The molecule has 0 aliphatic rings. The van der Waals surface area contributed by atoms with Crippen molar-refractivity contribution in [2.24, 2.45) is 0 Å². The van der Waals surface area contributed by atoms with E-state index in [-0.39, 0.29) is 11.1 Å². The molecule has 0 unspecified atom stereocenters. The largest absolute Gasteiger partial charge is 0.416 e. The van der Waals surface area contributed by atoms with Crippen LogP contribution in [0.5, 0.6) is 0 Å². The number of hydrogen-bond donors (Lipinski definition) is 0. The molecule has 0 heterocycles. The van der Waals surface area contributed by atoms with E-state index in [4.69, 9.17) is 5.26 Å². The second kappa shape index (κ2) is 5.17. The predicted octanol–water partition coefficient (Wildman–Crippen LogP) is 3.99. The molecule has 0 fully saturated rings. The first-order valence-electron chi connectivity index (χ1n) is 4.33. The van der Waals surface area contributed by atoms with Crippen LogP contribution < -0.4 is 0 Å². The Hall–Kier alpha value is -1.28. The molecule has 0 aromatic heterocycles. The lowest BCUT2D eigenvalue weighted by Crippen LogP contribution is -2.05. The smallest absolute Gasteiger partial charge is 0.192 e. The van der Waals surface area contributed by atoms with Crippen LogP contribution in [0.2, 0.25) is 0 Å². The third-order valence-corrected chi connectivity index (χ3v) is 2.26. The quantitative estimate of drug-likeness (QED) is 0.756. The highest BCUT2D eigenvalue weighted by molar-refractivity contribution is 9.09. The highest BCUT2D eigenvalue weighted by Crippen LogP contribution is 2.30. The zero-order valence-corrected chi connectivity index (χ0v) is 9.64. The number of alkyl halides is 4. The number of allylic oxidation sites excluding steroid dienone is 1. The van der Waals surface area contributed by atoms with Gasteiger partial charge in [-0.2, -0.15) is 18.4 Å². The third-order valence-electron chi connectivity index (χ3n) is 1.89. The maximum absolute atomic E-state index is 12.4. The van der Waals surface area contributed by atoms with Crippen molar-refractivity contribution in [3.8, 4) is 6.07 Å². The SMILES string of the molecule is N#Cc1ccc(C(F)(F)F)cc1C=CCBr. The lowest BCUT2D eigenvalue weighted by atomic mass is 10.0. The maximum atomic E-state index is 12.4. The molecule has 0 amide bonds. The van der Waals surface area contributed by atoms with Gasteiger partial charge in [-0.3, -0.25) is 0 Å². The minimum atomic E-state index is -4.38. The molecule has 1 rings (SSSR count). The monoisotopic (exact) mass is 289 g/mol. The van der Waals surface area contributed by atoms with Crippen molar-refractivity contribution in [1.82, 2.24) is 0 Å². The predicted molar refractivity (Wildman–Crippen MR) is 59.0 cm³/mol. The molecule has 0 saturated heterocycles. The highest BCUT2D eigenvalue weighted by atomic mass is 79.9. The molecular weight excluding hydrogens is 283 g/mol. The summed E-state index contributed by atoms with van der Waals surface area (Å²) in [5.74, 6) is 0. The van der Waals surface area contributed by atoms with Gasteiger partial charge >= 0.3 is 6.18 Å². The van der Waals surface area contributed by atoms with Gasteiger partial charge in [0.15, 0.2) is 0 Å². The summed E-state index contributed by atoms with van der Waals surface area (Å²) in [6.45, 7) is 0. The zero-order chi connectivity index (χ0) is 12.2. The molecule has 0 bridgehead atoms. The Balaban J connectivity index is 3.23. The summed E-state index contributed by atoms with van der Waals surface area (Å²) in [7, 11) is 0. The Kier molecular flexibility index (Phi) is 4.13. The summed E-state index contributed by atoms with van der Waals surface area (Å²) in [6, 6.07) is 4.90. The number of nitriles is 1. The average molecular weight is 290 g/mol. The summed E-state index contributed by atoms with van der Waals surface area (Å²) >= 11 is 3.12. The van der Waals surface area contributed by atoms with Crippen molar-refractivity contribution in [3.05, 3.63) is 41.0 Å². The Morgan fingerprint density at radius 1 is 1.38 bits per heavy atom. The second-order valence-electron chi connectivity index (χ2n) is 2.97. The van der Waals surface area contributed by atoms with E-state index in [1.165, 1.54) is 12.1 Å². The fourth-order valence-corrected chi connectivity index (χ4v) is 1.34. The van der Waals surface area contributed by atoms with E-state index in [0.29, 0.717) is 5.33 Å². The molecule has 0 spiro atoms. The first-order valence-corrected chi connectivity index (χ1v) is 5.45. The number of rotatable bonds is 2. The van der Waals surface area contributed by atoms with Crippen molar-refractivity contribution >= 4 is 22.0 Å². The van der Waals surface area contributed by atoms with Crippen LogP contribution in [0.15, 0.2) is 24.3 Å². The Morgan fingerprint density at radius 3 is 2.56 bits per heavy atom. The number of benzene rings is 1. The number of hydrogen-bond acceptors (Lipinski definition) is 1. The van der Waals surface area contributed by atoms with E-state index >= 15 is 0 Å². The normalized spacial score (nSPS) is 11.7. The molecule has 0 radical (unpaired) electrons. The Labute approximate surface area is 99.3 Å². The van der Waals surface area contributed by atoms with Gasteiger partial charge < -0.3 is 0 Å². The van der Waals surface area contributed by atoms with Crippen LogP contribution in [0.25, 0.3) is 6.08 Å². The standard InChI is InChI=1S/C11H7BrF3N/c12-5-1-2-8-6-10(11(13,14)15)4-3-9(8)7-16/h1-4,6H,5H2. The van der Waals surface area contributed by atoms with Gasteiger partial charge in [-0.05, 0) is 23.8 Å². The number of halogens is 4. The molecule has 1 aromatic rings. The fraction of sp³-hybridized carbons (Fsp3) is 0.182. The summed E-state index contributed by atoms with van der Waals surface area (Å²) in [5.41, 5.74) is -0.248. The average Bonchev–Trinajstić information content (AvgIpc) is 2.24. The lowest BCUT2D eigenvalue weighted by Gasteiger charge is -2.08. The maximum Gasteiger partial charge on any atom is 0.416 e. The molecular formula is C11H7BrF3N. The van der Waals surface area contributed by atoms with Crippen LogP contribution in [-0.4, -0.2) is 5.33 Å². The van der Waals surface area contributed by atoms with Gasteiger partial charge in [0.2, 0.25) is 0 Å². The molecule has 1 nitrogen and oxygen atoms in total. The van der Waals surface area contributed by atoms with Gasteiger partial charge in [-0.15, -0.1) is 0 Å². The van der Waals surface area contributed by atoms with Crippen molar-refractivity contribution in [3.63, 3.8) is 0 Å². The molecule has 0 atom stereocenters. The van der Waals surface area contributed by atoms with Gasteiger partial charge in [0, 0.05) is 5.33 Å². The summed E-state index contributed by atoms with van der Waals surface area (Å²) in [6.07, 6.45) is -1.26. The van der Waals surface area contributed by atoms with E-state index in [2.05, 4.69) is 15.9 Å². The van der Waals surface area contributed by atoms with Crippen molar-refractivity contribution in [2.75, 3.05) is 5.33 Å². The van der Waals surface area contributed by atoms with Crippen molar-refractivity contribution < 1.29 is 13.2 Å². The van der Waals surface area contributed by atoms with Crippen LogP contribution in [0.4, 0.5) is 13.2 Å². The lowest BCUT2D eigenvalue weighted by molar-refractivity contribution is -0.137. The minimum Gasteiger partial charge on any atom is -0.192 e. The minimum absolute atomic E-state index is 0.227. The van der Waals surface area contributed by atoms with Crippen LogP contribution in [0.3, 0.4) is 0 Å². The van der Waals surface area contributed by atoms with Gasteiger partial charge in [-0.25, -0.2) is 0 Å². The zero-order valence-electron chi connectivity index (χ0n) is 8.05. The van der Waals surface area contributed by atoms with E-state index < -0.39 is 11.7 Å². The summed E-state index contributed by atoms with van der Waals surface area (Å²) in [5, 5.41) is 9.26. The second-order valence-corrected chi connectivity index (χ2v) is 3.62. The van der Waals surface area contributed by atoms with Gasteiger partial charge in [0.05, 0.1) is 17.2 Å². The van der Waals surface area contributed by atoms with Crippen LogP contribution in [-0.2, 0) is 6.18 Å². The molecule has 84 valence electrons. The molecule has 0 aliphatic carbocycles. The molecule has 16 heavy (non-hydrogen) atoms. The van der Waals surface area contributed by atoms with Gasteiger partial charge in [-0.1, -0.05) is 28.1 Å². The Bertz CT molecular complexity index is 444. The fourth-order valence-electron chi connectivity index (χ4n) is 1.15. The summed E-state index contributed by atoms with van der Waals surface area (Å²) < 4.78 is 37.2. The van der Waals surface area contributed by atoms with E-state index in [1.807, 2.05) is 6.07 Å². The topological polar surface area (TPSA) is 23.8 Å². The van der Waals surface area contributed by atoms with Crippen LogP contribution in [0, 0.1) is 11.3 Å². The Morgan fingerprint density at radius 2 is 2.06 bits per heavy atom. The van der Waals surface area contributed by atoms with E-state index in [0.717, 1.165) is 12.1 Å². The molecule has 0 saturated carbocycles. The van der Waals surface area contributed by atoms with Gasteiger partial charge in [0.1, 0.15) is 0 Å². The van der Waals surface area contributed by atoms with E-state index in [1.54, 1.807) is 6.08 Å². The first kappa shape index (κ1) is 12.8. The summed E-state index contributed by atoms with van der Waals surface area (Å²) in [4.78, 5) is 0. The molecule has 1 aromatic carbocycles. The molecule has 5 heteroatoms. The first-order chi connectivity index (χ1) is 7.49. The molecule has 0 aliphatic heterocycles. The highest BCUT2D eigenvalue weighted by Gasteiger charge is 2.30. The van der Waals surface area contributed by atoms with Crippen LogP contribution >= 0.6 is 15.9 Å². The van der Waals surface area contributed by atoms with Gasteiger partial charge in [0.25, 0.3) is 0 Å². The van der Waals surface area contributed by atoms with Crippen molar-refractivity contribution in [1.29, 1.82) is 5.26 Å². The van der Waals surface area contributed by atoms with Crippen molar-refractivity contribution in [2.45, 2.75) is 6.18 Å². The van der Waals surface area contributed by atoms with Crippen LogP contribution in [0.1, 0.15) is 16.7 Å².